The lowest BCUT2D eigenvalue weighted by atomic mass is 10.1. The number of nitrogens with zero attached hydrogens (tertiary/aromatic N) is 1. The van der Waals surface area contributed by atoms with Crippen molar-refractivity contribution in [3.05, 3.63) is 0 Å². The molecule has 0 fully saturated rings. The van der Waals surface area contributed by atoms with E-state index in [0.717, 1.165) is 0 Å². The Morgan fingerprint density at radius 2 is 1.03 bits per heavy atom. The molecule has 0 saturated heterocycles. The van der Waals surface area contributed by atoms with Gasteiger partial charge in [0.15, 0.2) is 5.96 Å². The van der Waals surface area contributed by atoms with Crippen molar-refractivity contribution in [2.45, 2.75) is 120 Å². The van der Waals surface area contributed by atoms with Crippen LogP contribution in [0.4, 0.5) is 0 Å². The average Bonchev–Trinajstić information content (AvgIpc) is 3.17. The molecular weight excluding hydrogens is 817 g/mol. The summed E-state index contributed by atoms with van der Waals surface area (Å²) in [6.07, 6.45) is 2.40. The maximum Gasteiger partial charge on any atom is 0.326 e. The average molecular weight is 879 g/mol. The van der Waals surface area contributed by atoms with Gasteiger partial charge in [-0.2, -0.15) is 24.4 Å². The first-order valence-corrected chi connectivity index (χ1v) is 20.9. The second-order valence-electron chi connectivity index (χ2n) is 13.5. The molecule has 0 aliphatic heterocycles. The van der Waals surface area contributed by atoms with Crippen molar-refractivity contribution in [3.63, 3.8) is 0 Å². The highest BCUT2D eigenvalue weighted by atomic mass is 32.2. The fourth-order valence-corrected chi connectivity index (χ4v) is 5.59. The molecule has 23 nitrogen and oxygen atoms in total. The van der Waals surface area contributed by atoms with Crippen LogP contribution < -0.4 is 60.2 Å². The molecule has 8 atom stereocenters. The second-order valence-corrected chi connectivity index (χ2v) is 14.9. The number of nitrogens with one attached hydrogen (secondary N) is 7. The van der Waals surface area contributed by atoms with E-state index in [4.69, 9.17) is 28.0 Å². The molecule has 7 amide bonds. The molecule has 0 spiro atoms. The van der Waals surface area contributed by atoms with Crippen LogP contribution in [-0.2, 0) is 43.2 Å². The molecule has 0 aliphatic carbocycles. The van der Waals surface area contributed by atoms with Crippen molar-refractivity contribution in [2.24, 2.45) is 27.9 Å². The predicted molar refractivity (Wildman–Crippen MR) is 223 cm³/mol. The molecule has 336 valence electrons. The van der Waals surface area contributed by atoms with Gasteiger partial charge in [-0.15, -0.1) is 0 Å². The van der Waals surface area contributed by atoms with Gasteiger partial charge < -0.3 is 70.4 Å². The molecule has 0 unspecified atom stereocenters. The molecular formula is C34H62N12O11S2. The van der Waals surface area contributed by atoms with E-state index in [-0.39, 0.29) is 50.4 Å². The fourth-order valence-electron chi connectivity index (χ4n) is 4.95. The zero-order valence-electron chi connectivity index (χ0n) is 33.8. The summed E-state index contributed by atoms with van der Waals surface area (Å²) in [5.41, 5.74) is 21.8. The van der Waals surface area contributed by atoms with Gasteiger partial charge in [0.1, 0.15) is 42.3 Å². The lowest BCUT2D eigenvalue weighted by molar-refractivity contribution is -0.142. The van der Waals surface area contributed by atoms with Gasteiger partial charge in [-0.3, -0.25) is 43.3 Å². The molecule has 0 aromatic carbocycles. The summed E-state index contributed by atoms with van der Waals surface area (Å²) in [6.45, 7) is 4.38. The van der Waals surface area contributed by atoms with Crippen molar-refractivity contribution in [2.75, 3.05) is 30.9 Å². The number of carboxylic acid groups (broad SMARTS) is 2. The summed E-state index contributed by atoms with van der Waals surface area (Å²) in [5.74, 6) is -7.87. The third kappa shape index (κ3) is 22.7. The number of thioether (sulfide) groups is 1. The molecule has 0 aliphatic rings. The standard InChI is InChI=1S/C34H62N12O11S2/c1-17(40-27(50)18(2)42-30(53)22(10-11-25(47)48)44-29(52)20(36)16-58)26(49)41-19(3)28(51)43-23(12-15-59-4)32(55)45-21(8-5-6-13-35)31(54)46-24(33(56)57)9-7-14-39-34(37)38/h17-24,58H,5-16,35-36H2,1-4H3,(H,40,50)(H,41,49)(H,42,53)(H,43,51)(H,44,52)(H,45,55)(H,46,54)(H,47,48)(H,56,57)(H4,37,38,39)/t17-,18-,19-,20-,21-,22-,23-,24-/m0/s1. The molecule has 0 aromatic heterocycles. The van der Waals surface area contributed by atoms with Crippen LogP contribution in [0.15, 0.2) is 4.99 Å². The molecule has 0 heterocycles. The molecule has 0 rings (SSSR count). The van der Waals surface area contributed by atoms with Gasteiger partial charge in [0.05, 0.1) is 6.04 Å². The Bertz CT molecular complexity index is 1470. The zero-order valence-corrected chi connectivity index (χ0v) is 35.5. The largest absolute Gasteiger partial charge is 0.481 e. The number of carbonyl (C=O) groups is 9. The van der Waals surface area contributed by atoms with Gasteiger partial charge >= 0.3 is 11.9 Å². The molecule has 0 saturated carbocycles. The highest BCUT2D eigenvalue weighted by molar-refractivity contribution is 7.98. The normalized spacial score (nSPS) is 14.9. The maximum absolute atomic E-state index is 13.5. The molecule has 0 aromatic rings. The Morgan fingerprint density at radius 3 is 1.51 bits per heavy atom. The van der Waals surface area contributed by atoms with E-state index in [0.29, 0.717) is 25.1 Å². The van der Waals surface area contributed by atoms with Crippen LogP contribution in [0.25, 0.3) is 0 Å². The van der Waals surface area contributed by atoms with Gasteiger partial charge in [0.2, 0.25) is 41.4 Å². The van der Waals surface area contributed by atoms with E-state index < -0.39 is 108 Å². The van der Waals surface area contributed by atoms with Gasteiger partial charge in [0.25, 0.3) is 0 Å². The van der Waals surface area contributed by atoms with E-state index in [9.17, 15) is 48.3 Å². The minimum Gasteiger partial charge on any atom is -0.481 e. The Labute approximate surface area is 352 Å². The summed E-state index contributed by atoms with van der Waals surface area (Å²) >= 11 is 5.31. The number of rotatable bonds is 30. The fraction of sp³-hybridized carbons (Fsp3) is 0.706. The molecule has 0 radical (unpaired) electrons. The quantitative estimate of drug-likeness (QED) is 0.0140. The number of carboxylic acids is 2. The van der Waals surface area contributed by atoms with Crippen molar-refractivity contribution < 1.29 is 53.4 Å². The van der Waals surface area contributed by atoms with Gasteiger partial charge in [-0.25, -0.2) is 4.79 Å². The van der Waals surface area contributed by atoms with E-state index >= 15 is 0 Å². The minimum absolute atomic E-state index is 0.000124. The van der Waals surface area contributed by atoms with Gasteiger partial charge in [0, 0.05) is 18.7 Å². The summed E-state index contributed by atoms with van der Waals surface area (Å²) in [7, 11) is 0. The minimum atomic E-state index is -1.34. The SMILES string of the molecule is CSCC[C@H](NC(=O)[C@H](C)NC(=O)[C@H](C)NC(=O)[C@H](C)NC(=O)[C@H](CCC(=O)O)NC(=O)[C@@H](N)CS)C(=O)N[C@@H](CCCCN)C(=O)N[C@@H](CCCN=C(N)N)C(=O)O. The van der Waals surface area contributed by atoms with Crippen LogP contribution in [0.2, 0.25) is 0 Å². The lowest BCUT2D eigenvalue weighted by Gasteiger charge is -2.26. The Hall–Kier alpha value is -4.88. The number of unbranched alkanes of at least 4 members (excludes halogenated alkanes) is 1. The first kappa shape index (κ1) is 54.1. The Kier molecular flexibility index (Phi) is 26.9. The van der Waals surface area contributed by atoms with Crippen molar-refractivity contribution >= 4 is 83.6 Å². The summed E-state index contributed by atoms with van der Waals surface area (Å²) in [6, 6.07) is -9.81. The zero-order chi connectivity index (χ0) is 45.2. The number of guanidine groups is 1. The van der Waals surface area contributed by atoms with Crippen LogP contribution in [0.3, 0.4) is 0 Å². The Balaban J connectivity index is 5.63. The Morgan fingerprint density at radius 1 is 0.610 bits per heavy atom. The van der Waals surface area contributed by atoms with Crippen molar-refractivity contribution in [1.29, 1.82) is 0 Å². The monoisotopic (exact) mass is 878 g/mol. The highest BCUT2D eigenvalue weighted by Gasteiger charge is 2.32. The van der Waals surface area contributed by atoms with Crippen LogP contribution in [0, 0.1) is 0 Å². The van der Waals surface area contributed by atoms with Gasteiger partial charge in [-0.1, -0.05) is 0 Å². The number of aliphatic imine (C=N–C) groups is 1. The second kappa shape index (κ2) is 29.3. The van der Waals surface area contributed by atoms with Crippen LogP contribution in [-0.4, -0.2) is 149 Å². The smallest absolute Gasteiger partial charge is 0.326 e. The van der Waals surface area contributed by atoms with E-state index in [1.807, 2.05) is 0 Å². The topological polar surface area (TPSA) is 395 Å². The summed E-state index contributed by atoms with van der Waals surface area (Å²) < 4.78 is 0. The number of amides is 7. The van der Waals surface area contributed by atoms with Crippen LogP contribution in [0.5, 0.6) is 0 Å². The maximum atomic E-state index is 13.5. The number of hydrogen-bond acceptors (Lipinski definition) is 14. The summed E-state index contributed by atoms with van der Waals surface area (Å²) in [4.78, 5) is 118. The number of aliphatic carboxylic acids is 2. The van der Waals surface area contributed by atoms with E-state index in [1.54, 1.807) is 6.26 Å². The number of hydrogen-bond donors (Lipinski definition) is 14. The molecule has 17 N–H and O–H groups in total. The first-order valence-electron chi connectivity index (χ1n) is 18.9. The van der Waals surface area contributed by atoms with E-state index in [2.05, 4.69) is 54.8 Å². The number of nitrogens with two attached hydrogens (primary N) is 4. The third-order valence-corrected chi connectivity index (χ3v) is 9.49. The van der Waals surface area contributed by atoms with Crippen molar-refractivity contribution in [1.82, 2.24) is 37.2 Å². The number of carbonyl (C=O) groups excluding carboxylic acids is 7. The third-order valence-electron chi connectivity index (χ3n) is 8.45. The van der Waals surface area contributed by atoms with Gasteiger partial charge in [-0.05, 0) is 84.3 Å². The first-order chi connectivity index (χ1) is 27.7. The molecule has 59 heavy (non-hydrogen) atoms. The molecule has 0 bridgehead atoms. The summed E-state index contributed by atoms with van der Waals surface area (Å²) in [5, 5.41) is 35.9. The molecule has 25 heteroatoms. The highest BCUT2D eigenvalue weighted by Crippen LogP contribution is 2.08. The van der Waals surface area contributed by atoms with E-state index in [1.165, 1.54) is 32.5 Å². The predicted octanol–water partition coefficient (Wildman–Crippen LogP) is -4.42. The number of thiol groups is 1. The van der Waals surface area contributed by atoms with Crippen molar-refractivity contribution in [3.8, 4) is 0 Å². The lowest BCUT2D eigenvalue weighted by Crippen LogP contribution is -2.59. The van der Waals surface area contributed by atoms with Crippen LogP contribution >= 0.6 is 24.4 Å². The van der Waals surface area contributed by atoms with Crippen LogP contribution in [0.1, 0.15) is 72.1 Å².